The third-order valence-electron chi connectivity index (χ3n) is 3.99. The number of nitrogens with zero attached hydrogens (tertiary/aromatic N) is 1. The summed E-state index contributed by atoms with van der Waals surface area (Å²) in [5, 5.41) is 0. The minimum atomic E-state index is 0.165. The van der Waals surface area contributed by atoms with Gasteiger partial charge in [0.25, 0.3) is 5.91 Å². The molecule has 2 atom stereocenters. The Morgan fingerprint density at radius 2 is 2.28 bits per heavy atom. The molecule has 1 amide bonds. The second kappa shape index (κ2) is 5.41. The maximum Gasteiger partial charge on any atom is 0.264 e. The molecule has 100 valence electrons. The fraction of sp³-hybridized carbons (Fsp3) is 0.643. The van der Waals surface area contributed by atoms with Gasteiger partial charge in [-0.2, -0.15) is 0 Å². The minimum absolute atomic E-state index is 0.165. The Hall–Kier alpha value is -0.870. The molecule has 0 spiro atoms. The van der Waals surface area contributed by atoms with Crippen molar-refractivity contribution >= 4 is 17.2 Å². The Morgan fingerprint density at radius 3 is 2.83 bits per heavy atom. The predicted octanol–water partition coefficient (Wildman–Crippen LogP) is 2.56. The fourth-order valence-electron chi connectivity index (χ4n) is 2.68. The van der Waals surface area contributed by atoms with E-state index in [9.17, 15) is 4.79 Å². The first-order valence-corrected chi connectivity index (χ1v) is 7.44. The molecule has 1 saturated heterocycles. The van der Waals surface area contributed by atoms with Gasteiger partial charge in [0.05, 0.1) is 4.88 Å². The number of nitrogens with two attached hydrogens (primary N) is 1. The van der Waals surface area contributed by atoms with Crippen LogP contribution in [-0.2, 0) is 0 Å². The molecule has 1 aliphatic heterocycles. The van der Waals surface area contributed by atoms with Gasteiger partial charge in [0.2, 0.25) is 0 Å². The molecule has 1 aliphatic rings. The lowest BCUT2D eigenvalue weighted by molar-refractivity contribution is 0.0537. The number of carbonyl (C=O) groups is 1. The first-order chi connectivity index (χ1) is 8.54. The number of carbonyl (C=O) groups excluding carboxylic acids is 1. The van der Waals surface area contributed by atoms with Crippen LogP contribution >= 0.6 is 11.3 Å². The van der Waals surface area contributed by atoms with Crippen molar-refractivity contribution in [3.63, 3.8) is 0 Å². The van der Waals surface area contributed by atoms with Crippen molar-refractivity contribution in [3.05, 3.63) is 21.4 Å². The Bertz CT molecular complexity index is 422. The molecule has 0 bridgehead atoms. The molecule has 3 nitrogen and oxygen atoms in total. The first kappa shape index (κ1) is 13.6. The summed E-state index contributed by atoms with van der Waals surface area (Å²) in [6.07, 6.45) is 2.26. The molecule has 0 radical (unpaired) electrons. The standard InChI is InChI=1S/C14H22N2OS/c1-9-5-4-6-16(12(9)8-15)14(17)13-7-10(2)11(3)18-13/h7,9,12H,4-6,8,15H2,1-3H3/t9-,12-/m0/s1. The largest absolute Gasteiger partial charge is 0.333 e. The van der Waals surface area contributed by atoms with E-state index in [1.807, 2.05) is 11.0 Å². The molecule has 2 N–H and O–H groups in total. The van der Waals surface area contributed by atoms with Crippen LogP contribution in [0.1, 0.15) is 39.9 Å². The number of thiophene rings is 1. The van der Waals surface area contributed by atoms with Gasteiger partial charge in [0, 0.05) is 24.0 Å². The van der Waals surface area contributed by atoms with E-state index in [1.54, 1.807) is 11.3 Å². The van der Waals surface area contributed by atoms with Crippen molar-refractivity contribution in [1.29, 1.82) is 0 Å². The second-order valence-electron chi connectivity index (χ2n) is 5.27. The van der Waals surface area contributed by atoms with Crippen molar-refractivity contribution in [2.75, 3.05) is 13.1 Å². The normalized spacial score (nSPS) is 24.3. The van der Waals surface area contributed by atoms with Crippen molar-refractivity contribution in [2.45, 2.75) is 39.7 Å². The van der Waals surface area contributed by atoms with Crippen molar-refractivity contribution in [2.24, 2.45) is 11.7 Å². The van der Waals surface area contributed by atoms with Crippen LogP contribution in [0.25, 0.3) is 0 Å². The summed E-state index contributed by atoms with van der Waals surface area (Å²) < 4.78 is 0. The van der Waals surface area contributed by atoms with Gasteiger partial charge in [-0.3, -0.25) is 4.79 Å². The van der Waals surface area contributed by atoms with Crippen LogP contribution in [0, 0.1) is 19.8 Å². The topological polar surface area (TPSA) is 46.3 Å². The van der Waals surface area contributed by atoms with Gasteiger partial charge in [0.15, 0.2) is 0 Å². The number of rotatable bonds is 2. The Morgan fingerprint density at radius 1 is 1.56 bits per heavy atom. The van der Waals surface area contributed by atoms with Crippen LogP contribution in [0.4, 0.5) is 0 Å². The summed E-state index contributed by atoms with van der Waals surface area (Å²) >= 11 is 1.60. The van der Waals surface area contributed by atoms with Gasteiger partial charge in [-0.25, -0.2) is 0 Å². The number of likely N-dealkylation sites (tertiary alicyclic amines) is 1. The third kappa shape index (κ3) is 2.45. The minimum Gasteiger partial charge on any atom is -0.333 e. The van der Waals surface area contributed by atoms with Crippen LogP contribution in [-0.4, -0.2) is 29.9 Å². The highest BCUT2D eigenvalue weighted by atomic mass is 32.1. The molecule has 1 aromatic heterocycles. The van der Waals surface area contributed by atoms with Crippen molar-refractivity contribution < 1.29 is 4.79 Å². The lowest BCUT2D eigenvalue weighted by Crippen LogP contribution is -2.51. The van der Waals surface area contributed by atoms with E-state index in [2.05, 4.69) is 20.8 Å². The predicted molar refractivity (Wildman–Crippen MR) is 76.1 cm³/mol. The van der Waals surface area contributed by atoms with Crippen LogP contribution < -0.4 is 5.73 Å². The number of hydrogen-bond donors (Lipinski definition) is 1. The van der Waals surface area contributed by atoms with Crippen molar-refractivity contribution in [3.8, 4) is 0 Å². The summed E-state index contributed by atoms with van der Waals surface area (Å²) in [6, 6.07) is 2.21. The third-order valence-corrected chi connectivity index (χ3v) is 5.14. The molecule has 0 unspecified atom stereocenters. The number of hydrogen-bond acceptors (Lipinski definition) is 3. The molecule has 0 aliphatic carbocycles. The molecular weight excluding hydrogens is 244 g/mol. The molecule has 1 fully saturated rings. The average Bonchev–Trinajstić information content (AvgIpc) is 2.68. The average molecular weight is 266 g/mol. The number of amides is 1. The molecular formula is C14H22N2OS. The van der Waals surface area contributed by atoms with Gasteiger partial charge in [-0.05, 0) is 44.2 Å². The SMILES string of the molecule is Cc1cc(C(=O)N2CCC[C@H](C)[C@@H]2CN)sc1C. The van der Waals surface area contributed by atoms with Gasteiger partial charge in [0.1, 0.15) is 0 Å². The Balaban J connectivity index is 2.21. The maximum absolute atomic E-state index is 12.6. The molecule has 0 saturated carbocycles. The number of piperidine rings is 1. The smallest absolute Gasteiger partial charge is 0.264 e. The summed E-state index contributed by atoms with van der Waals surface area (Å²) in [4.78, 5) is 16.6. The Kier molecular flexibility index (Phi) is 4.07. The molecule has 1 aromatic rings. The monoisotopic (exact) mass is 266 g/mol. The lowest BCUT2D eigenvalue weighted by Gasteiger charge is -2.39. The molecule has 2 heterocycles. The fourth-order valence-corrected chi connectivity index (χ4v) is 3.67. The summed E-state index contributed by atoms with van der Waals surface area (Å²) in [5.74, 6) is 0.674. The zero-order valence-corrected chi connectivity index (χ0v) is 12.2. The summed E-state index contributed by atoms with van der Waals surface area (Å²) in [7, 11) is 0. The molecule has 18 heavy (non-hydrogen) atoms. The van der Waals surface area contributed by atoms with E-state index >= 15 is 0 Å². The second-order valence-corrected chi connectivity index (χ2v) is 6.53. The van der Waals surface area contributed by atoms with Gasteiger partial charge >= 0.3 is 0 Å². The van der Waals surface area contributed by atoms with Gasteiger partial charge in [-0.15, -0.1) is 11.3 Å². The van der Waals surface area contributed by atoms with E-state index in [-0.39, 0.29) is 11.9 Å². The summed E-state index contributed by atoms with van der Waals surface area (Å²) in [6.45, 7) is 7.73. The van der Waals surface area contributed by atoms with E-state index in [4.69, 9.17) is 5.73 Å². The lowest BCUT2D eigenvalue weighted by atomic mass is 9.90. The zero-order valence-electron chi connectivity index (χ0n) is 11.4. The quantitative estimate of drug-likeness (QED) is 0.894. The zero-order chi connectivity index (χ0) is 13.3. The van der Waals surface area contributed by atoms with Crippen molar-refractivity contribution in [1.82, 2.24) is 4.90 Å². The van der Waals surface area contributed by atoms with E-state index in [0.29, 0.717) is 12.5 Å². The molecule has 0 aromatic carbocycles. The number of aryl methyl sites for hydroxylation is 2. The van der Waals surface area contributed by atoms with Crippen LogP contribution in [0.5, 0.6) is 0 Å². The first-order valence-electron chi connectivity index (χ1n) is 6.62. The highest BCUT2D eigenvalue weighted by Gasteiger charge is 2.31. The van der Waals surface area contributed by atoms with Crippen LogP contribution in [0.3, 0.4) is 0 Å². The maximum atomic E-state index is 12.6. The Labute approximate surface area is 113 Å². The van der Waals surface area contributed by atoms with Crippen LogP contribution in [0.15, 0.2) is 6.07 Å². The van der Waals surface area contributed by atoms with E-state index in [0.717, 1.165) is 17.8 Å². The van der Waals surface area contributed by atoms with E-state index < -0.39 is 0 Å². The van der Waals surface area contributed by atoms with E-state index in [1.165, 1.54) is 16.9 Å². The molecule has 4 heteroatoms. The highest BCUT2D eigenvalue weighted by molar-refractivity contribution is 7.14. The van der Waals surface area contributed by atoms with Crippen LogP contribution in [0.2, 0.25) is 0 Å². The molecule has 2 rings (SSSR count). The van der Waals surface area contributed by atoms with Gasteiger partial charge in [-0.1, -0.05) is 6.92 Å². The van der Waals surface area contributed by atoms with Gasteiger partial charge < -0.3 is 10.6 Å². The summed E-state index contributed by atoms with van der Waals surface area (Å²) in [5.41, 5.74) is 7.05. The highest BCUT2D eigenvalue weighted by Crippen LogP contribution is 2.27.